The Morgan fingerprint density at radius 2 is 1.75 bits per heavy atom. The van der Waals surface area contributed by atoms with Crippen molar-refractivity contribution in [3.05, 3.63) is 41.4 Å². The molecular formula is C18H19ClN2O3. The van der Waals surface area contributed by atoms with E-state index < -0.39 is 0 Å². The highest BCUT2D eigenvalue weighted by Gasteiger charge is 2.28. The highest BCUT2D eigenvalue weighted by Crippen LogP contribution is 2.31. The van der Waals surface area contributed by atoms with Crippen molar-refractivity contribution in [2.24, 2.45) is 5.92 Å². The van der Waals surface area contributed by atoms with Gasteiger partial charge in [-0.3, -0.25) is 9.59 Å². The molecule has 0 unspecified atom stereocenters. The first-order chi connectivity index (χ1) is 11.6. The van der Waals surface area contributed by atoms with Gasteiger partial charge in [-0.05, 0) is 25.0 Å². The lowest BCUT2D eigenvalue weighted by Gasteiger charge is -2.11. The largest absolute Gasteiger partial charge is 0.483 e. The summed E-state index contributed by atoms with van der Waals surface area (Å²) in [5.41, 5.74) is 0. The molecule has 24 heavy (non-hydrogen) atoms. The zero-order chi connectivity index (χ0) is 16.9. The number of rotatable bonds is 7. The van der Waals surface area contributed by atoms with E-state index >= 15 is 0 Å². The lowest BCUT2D eigenvalue weighted by Crippen LogP contribution is -2.37. The Hall–Kier alpha value is -2.27. The van der Waals surface area contributed by atoms with E-state index in [1.54, 1.807) is 12.1 Å². The number of fused-ring (bicyclic) bond motifs is 1. The summed E-state index contributed by atoms with van der Waals surface area (Å²) in [7, 11) is 0. The van der Waals surface area contributed by atoms with E-state index in [9.17, 15) is 9.59 Å². The zero-order valence-electron chi connectivity index (χ0n) is 13.2. The molecule has 1 fully saturated rings. The third kappa shape index (κ3) is 4.17. The summed E-state index contributed by atoms with van der Waals surface area (Å²) in [6, 6.07) is 11.1. The number of benzene rings is 2. The molecule has 2 aromatic carbocycles. The van der Waals surface area contributed by atoms with Gasteiger partial charge in [0.15, 0.2) is 6.61 Å². The van der Waals surface area contributed by atoms with Crippen LogP contribution in [0.2, 0.25) is 5.02 Å². The Morgan fingerprint density at radius 3 is 2.50 bits per heavy atom. The Balaban J connectivity index is 1.46. The third-order valence-corrected chi connectivity index (χ3v) is 4.21. The number of halogens is 1. The lowest BCUT2D eigenvalue weighted by atomic mass is 10.1. The van der Waals surface area contributed by atoms with E-state index in [-0.39, 0.29) is 24.3 Å². The van der Waals surface area contributed by atoms with Gasteiger partial charge in [0.05, 0.1) is 0 Å². The molecule has 0 bridgehead atoms. The number of carbonyl (C=O) groups is 2. The van der Waals surface area contributed by atoms with Crippen molar-refractivity contribution < 1.29 is 14.3 Å². The van der Waals surface area contributed by atoms with Crippen LogP contribution in [0.15, 0.2) is 36.4 Å². The van der Waals surface area contributed by atoms with Crippen LogP contribution in [0, 0.1) is 5.92 Å². The Bertz CT molecular complexity index is 759. The van der Waals surface area contributed by atoms with Crippen molar-refractivity contribution in [1.29, 1.82) is 0 Å². The van der Waals surface area contributed by atoms with Crippen molar-refractivity contribution in [2.75, 3.05) is 19.7 Å². The van der Waals surface area contributed by atoms with E-state index in [0.717, 1.165) is 23.6 Å². The number of carbonyl (C=O) groups excluding carboxylic acids is 2. The van der Waals surface area contributed by atoms with Gasteiger partial charge >= 0.3 is 0 Å². The molecule has 5 nitrogen and oxygen atoms in total. The second-order valence-electron chi connectivity index (χ2n) is 5.80. The van der Waals surface area contributed by atoms with Crippen molar-refractivity contribution >= 4 is 34.2 Å². The average molecular weight is 347 g/mol. The van der Waals surface area contributed by atoms with Crippen molar-refractivity contribution in [1.82, 2.24) is 10.6 Å². The molecule has 2 amide bonds. The minimum Gasteiger partial charge on any atom is -0.483 e. The standard InChI is InChI=1S/C18H19ClN2O3/c19-15-7-8-16(14-4-2-1-3-13(14)15)24-11-17(22)20-9-10-21-18(23)12-5-6-12/h1-4,7-8,12H,5-6,9-11H2,(H,20,22)(H,21,23). The smallest absolute Gasteiger partial charge is 0.258 e. The van der Waals surface area contributed by atoms with Gasteiger partial charge < -0.3 is 15.4 Å². The molecule has 2 aromatic rings. The first-order valence-corrected chi connectivity index (χ1v) is 8.37. The molecule has 0 aromatic heterocycles. The van der Waals surface area contributed by atoms with Crippen molar-refractivity contribution in [3.8, 4) is 5.75 Å². The molecule has 126 valence electrons. The molecule has 6 heteroatoms. The van der Waals surface area contributed by atoms with Crippen LogP contribution in [0.3, 0.4) is 0 Å². The summed E-state index contributed by atoms with van der Waals surface area (Å²) in [6.45, 7) is 0.745. The highest BCUT2D eigenvalue weighted by molar-refractivity contribution is 6.35. The number of nitrogens with one attached hydrogen (secondary N) is 2. The van der Waals surface area contributed by atoms with Gasteiger partial charge in [-0.25, -0.2) is 0 Å². The second-order valence-corrected chi connectivity index (χ2v) is 6.20. The maximum absolute atomic E-state index is 11.8. The Kier molecular flexibility index (Phi) is 5.20. The van der Waals surface area contributed by atoms with Crippen LogP contribution in [0.4, 0.5) is 0 Å². The van der Waals surface area contributed by atoms with Crippen LogP contribution >= 0.6 is 11.6 Å². The SMILES string of the molecule is O=C(COc1ccc(Cl)c2ccccc12)NCCNC(=O)C1CC1. The molecule has 3 rings (SSSR count). The van der Waals surface area contributed by atoms with Crippen LogP contribution in [0.1, 0.15) is 12.8 Å². The fraction of sp³-hybridized carbons (Fsp3) is 0.333. The summed E-state index contributed by atoms with van der Waals surface area (Å²) >= 11 is 6.16. The van der Waals surface area contributed by atoms with Gasteiger partial charge in [0.1, 0.15) is 5.75 Å². The van der Waals surface area contributed by atoms with Crippen LogP contribution < -0.4 is 15.4 Å². The number of amides is 2. The van der Waals surface area contributed by atoms with Gasteiger partial charge in [-0.2, -0.15) is 0 Å². The number of ether oxygens (including phenoxy) is 1. The minimum absolute atomic E-state index is 0.0770. The predicted molar refractivity (Wildman–Crippen MR) is 93.2 cm³/mol. The summed E-state index contributed by atoms with van der Waals surface area (Å²) in [5.74, 6) is 0.650. The monoisotopic (exact) mass is 346 g/mol. The molecule has 2 N–H and O–H groups in total. The fourth-order valence-electron chi connectivity index (χ4n) is 2.43. The van der Waals surface area contributed by atoms with Crippen LogP contribution in [-0.2, 0) is 9.59 Å². The van der Waals surface area contributed by atoms with Crippen LogP contribution in [0.25, 0.3) is 10.8 Å². The number of hydrogen-bond acceptors (Lipinski definition) is 3. The molecule has 1 aliphatic rings. The normalized spacial score (nSPS) is 13.5. The van der Waals surface area contributed by atoms with Gasteiger partial charge in [0.2, 0.25) is 5.91 Å². The molecule has 1 saturated carbocycles. The molecule has 0 heterocycles. The second kappa shape index (κ2) is 7.53. The summed E-state index contributed by atoms with van der Waals surface area (Å²) in [5, 5.41) is 7.92. The average Bonchev–Trinajstić information content (AvgIpc) is 3.43. The van der Waals surface area contributed by atoms with Gasteiger partial charge in [-0.1, -0.05) is 35.9 Å². The first kappa shape index (κ1) is 16.6. The highest BCUT2D eigenvalue weighted by atomic mass is 35.5. The van der Waals surface area contributed by atoms with Gasteiger partial charge in [-0.15, -0.1) is 0 Å². The van der Waals surface area contributed by atoms with Crippen molar-refractivity contribution in [2.45, 2.75) is 12.8 Å². The van der Waals surface area contributed by atoms with Gasteiger partial charge in [0, 0.05) is 34.8 Å². The molecule has 0 aliphatic heterocycles. The first-order valence-electron chi connectivity index (χ1n) is 7.99. The molecule has 1 aliphatic carbocycles. The number of hydrogen-bond donors (Lipinski definition) is 2. The third-order valence-electron chi connectivity index (χ3n) is 3.88. The predicted octanol–water partition coefficient (Wildman–Crippen LogP) is 2.51. The van der Waals surface area contributed by atoms with E-state index in [1.165, 1.54) is 0 Å². The summed E-state index contributed by atoms with van der Waals surface area (Å²) in [4.78, 5) is 23.3. The quantitative estimate of drug-likeness (QED) is 0.757. The Labute approximate surface area is 145 Å². The molecule has 0 radical (unpaired) electrons. The molecule has 0 atom stereocenters. The zero-order valence-corrected chi connectivity index (χ0v) is 13.9. The topological polar surface area (TPSA) is 67.4 Å². The fourth-order valence-corrected chi connectivity index (χ4v) is 2.66. The van der Waals surface area contributed by atoms with E-state index in [1.807, 2.05) is 24.3 Å². The molecular weight excluding hydrogens is 328 g/mol. The van der Waals surface area contributed by atoms with E-state index in [4.69, 9.17) is 16.3 Å². The minimum atomic E-state index is -0.227. The lowest BCUT2D eigenvalue weighted by molar-refractivity contribution is -0.124. The van der Waals surface area contributed by atoms with Crippen LogP contribution in [-0.4, -0.2) is 31.5 Å². The summed E-state index contributed by atoms with van der Waals surface area (Å²) in [6.07, 6.45) is 1.95. The summed E-state index contributed by atoms with van der Waals surface area (Å²) < 4.78 is 5.60. The molecule has 0 spiro atoms. The van der Waals surface area contributed by atoms with Crippen LogP contribution in [0.5, 0.6) is 5.75 Å². The van der Waals surface area contributed by atoms with E-state index in [2.05, 4.69) is 10.6 Å². The van der Waals surface area contributed by atoms with Crippen molar-refractivity contribution in [3.63, 3.8) is 0 Å². The van der Waals surface area contributed by atoms with E-state index in [0.29, 0.717) is 23.9 Å². The maximum atomic E-state index is 11.8. The maximum Gasteiger partial charge on any atom is 0.258 e. The van der Waals surface area contributed by atoms with Gasteiger partial charge in [0.25, 0.3) is 5.91 Å². The molecule has 0 saturated heterocycles. The Morgan fingerprint density at radius 1 is 1.04 bits per heavy atom.